The van der Waals surface area contributed by atoms with Crippen LogP contribution in [-0.4, -0.2) is 40.4 Å². The SMILES string of the molecule is CCCCCCNC(=O)[C@@H]1CS[C@@H](CCC)N1C(=O)CCCC. The largest absolute Gasteiger partial charge is 0.354 e. The fraction of sp³-hybridized carbons (Fsp3) is 0.889. The Hall–Kier alpha value is -0.710. The monoisotopic (exact) mass is 342 g/mol. The second-order valence-electron chi connectivity index (χ2n) is 6.35. The number of amides is 2. The fourth-order valence-electron chi connectivity index (χ4n) is 2.91. The Morgan fingerprint density at radius 3 is 2.43 bits per heavy atom. The Labute approximate surface area is 146 Å². The van der Waals surface area contributed by atoms with Crippen molar-refractivity contribution in [3.05, 3.63) is 0 Å². The molecule has 2 atom stereocenters. The van der Waals surface area contributed by atoms with Crippen molar-refractivity contribution in [3.8, 4) is 0 Å². The zero-order valence-corrected chi connectivity index (χ0v) is 15.9. The molecule has 134 valence electrons. The summed E-state index contributed by atoms with van der Waals surface area (Å²) < 4.78 is 0. The first kappa shape index (κ1) is 20.3. The summed E-state index contributed by atoms with van der Waals surface area (Å²) in [4.78, 5) is 26.9. The number of hydrogen-bond donors (Lipinski definition) is 1. The van der Waals surface area contributed by atoms with Crippen LogP contribution in [0.15, 0.2) is 0 Å². The molecule has 0 spiro atoms. The van der Waals surface area contributed by atoms with Crippen LogP contribution in [0.2, 0.25) is 0 Å². The third-order valence-electron chi connectivity index (χ3n) is 4.29. The highest BCUT2D eigenvalue weighted by atomic mass is 32.2. The number of thioether (sulfide) groups is 1. The molecule has 5 heteroatoms. The normalized spacial score (nSPS) is 20.7. The number of carbonyl (C=O) groups excluding carboxylic acids is 2. The Balaban J connectivity index is 2.55. The van der Waals surface area contributed by atoms with Crippen LogP contribution in [0.5, 0.6) is 0 Å². The third-order valence-corrected chi connectivity index (χ3v) is 5.65. The number of nitrogens with one attached hydrogen (secondary N) is 1. The number of nitrogens with zero attached hydrogens (tertiary/aromatic N) is 1. The molecule has 1 fully saturated rings. The van der Waals surface area contributed by atoms with E-state index in [4.69, 9.17) is 0 Å². The number of carbonyl (C=O) groups is 2. The van der Waals surface area contributed by atoms with Crippen molar-refractivity contribution in [2.75, 3.05) is 12.3 Å². The van der Waals surface area contributed by atoms with E-state index in [9.17, 15) is 9.59 Å². The molecule has 0 bridgehead atoms. The molecule has 0 aromatic carbocycles. The van der Waals surface area contributed by atoms with Crippen LogP contribution in [0.1, 0.15) is 78.6 Å². The molecule has 0 saturated carbocycles. The summed E-state index contributed by atoms with van der Waals surface area (Å²) in [5, 5.41) is 3.22. The van der Waals surface area contributed by atoms with Crippen LogP contribution in [0.3, 0.4) is 0 Å². The van der Waals surface area contributed by atoms with E-state index in [1.165, 1.54) is 12.8 Å². The van der Waals surface area contributed by atoms with Gasteiger partial charge in [0.15, 0.2) is 0 Å². The second kappa shape index (κ2) is 11.8. The smallest absolute Gasteiger partial charge is 0.243 e. The lowest BCUT2D eigenvalue weighted by Gasteiger charge is -2.29. The zero-order valence-electron chi connectivity index (χ0n) is 15.1. The molecule has 1 aliphatic heterocycles. The van der Waals surface area contributed by atoms with Gasteiger partial charge in [0.2, 0.25) is 11.8 Å². The van der Waals surface area contributed by atoms with Crippen LogP contribution < -0.4 is 5.32 Å². The Kier molecular flexibility index (Phi) is 10.4. The third kappa shape index (κ3) is 6.74. The summed E-state index contributed by atoms with van der Waals surface area (Å²) >= 11 is 1.76. The van der Waals surface area contributed by atoms with Crippen molar-refractivity contribution >= 4 is 23.6 Å². The van der Waals surface area contributed by atoms with E-state index in [1.807, 2.05) is 4.90 Å². The Morgan fingerprint density at radius 2 is 1.78 bits per heavy atom. The molecule has 0 aromatic rings. The summed E-state index contributed by atoms with van der Waals surface area (Å²) in [7, 11) is 0. The summed E-state index contributed by atoms with van der Waals surface area (Å²) in [6.07, 6.45) is 9.11. The maximum absolute atomic E-state index is 12.6. The molecule has 1 heterocycles. The molecular weight excluding hydrogens is 308 g/mol. The van der Waals surface area contributed by atoms with Gasteiger partial charge in [-0.3, -0.25) is 9.59 Å². The van der Waals surface area contributed by atoms with Gasteiger partial charge in [-0.05, 0) is 19.3 Å². The lowest BCUT2D eigenvalue weighted by atomic mass is 10.1. The first-order chi connectivity index (χ1) is 11.2. The van der Waals surface area contributed by atoms with Crippen LogP contribution in [0.25, 0.3) is 0 Å². The van der Waals surface area contributed by atoms with Gasteiger partial charge in [-0.1, -0.05) is 52.9 Å². The van der Waals surface area contributed by atoms with Gasteiger partial charge in [0.05, 0.1) is 5.37 Å². The van der Waals surface area contributed by atoms with Gasteiger partial charge in [-0.2, -0.15) is 0 Å². The second-order valence-corrected chi connectivity index (χ2v) is 7.56. The fourth-order valence-corrected chi connectivity index (χ4v) is 4.45. The molecule has 1 N–H and O–H groups in total. The van der Waals surface area contributed by atoms with Crippen LogP contribution in [0.4, 0.5) is 0 Å². The molecular formula is C18H34N2O2S. The predicted octanol–water partition coefficient (Wildman–Crippen LogP) is 3.94. The molecule has 1 saturated heterocycles. The van der Waals surface area contributed by atoms with E-state index >= 15 is 0 Å². The average molecular weight is 343 g/mol. The van der Waals surface area contributed by atoms with Crippen molar-refractivity contribution in [1.82, 2.24) is 10.2 Å². The average Bonchev–Trinajstić information content (AvgIpc) is 2.96. The van der Waals surface area contributed by atoms with Gasteiger partial charge in [-0.25, -0.2) is 0 Å². The van der Waals surface area contributed by atoms with Crippen molar-refractivity contribution in [3.63, 3.8) is 0 Å². The van der Waals surface area contributed by atoms with Crippen molar-refractivity contribution < 1.29 is 9.59 Å². The lowest BCUT2D eigenvalue weighted by Crippen LogP contribution is -2.49. The zero-order chi connectivity index (χ0) is 17.1. The topological polar surface area (TPSA) is 49.4 Å². The minimum atomic E-state index is -0.271. The van der Waals surface area contributed by atoms with E-state index < -0.39 is 0 Å². The van der Waals surface area contributed by atoms with E-state index in [1.54, 1.807) is 11.8 Å². The first-order valence-electron chi connectivity index (χ1n) is 9.36. The van der Waals surface area contributed by atoms with Crippen molar-refractivity contribution in [1.29, 1.82) is 0 Å². The van der Waals surface area contributed by atoms with Gasteiger partial charge >= 0.3 is 0 Å². The Morgan fingerprint density at radius 1 is 1.04 bits per heavy atom. The molecule has 1 aliphatic rings. The van der Waals surface area contributed by atoms with Crippen molar-refractivity contribution in [2.24, 2.45) is 0 Å². The Bertz CT molecular complexity index is 363. The maximum atomic E-state index is 12.6. The van der Waals surface area contributed by atoms with Crippen LogP contribution >= 0.6 is 11.8 Å². The first-order valence-corrected chi connectivity index (χ1v) is 10.4. The summed E-state index contributed by atoms with van der Waals surface area (Å²) in [6.45, 7) is 7.14. The van der Waals surface area contributed by atoms with E-state index in [-0.39, 0.29) is 23.2 Å². The summed E-state index contributed by atoms with van der Waals surface area (Å²) in [6, 6.07) is -0.271. The van der Waals surface area contributed by atoms with Crippen LogP contribution in [0, 0.1) is 0 Å². The molecule has 4 nitrogen and oxygen atoms in total. The van der Waals surface area contributed by atoms with Gasteiger partial charge < -0.3 is 10.2 Å². The quantitative estimate of drug-likeness (QED) is 0.579. The molecule has 1 rings (SSSR count). The molecule has 0 unspecified atom stereocenters. The number of hydrogen-bond acceptors (Lipinski definition) is 3. The van der Waals surface area contributed by atoms with E-state index in [0.717, 1.165) is 50.8 Å². The van der Waals surface area contributed by atoms with Gasteiger partial charge in [-0.15, -0.1) is 11.8 Å². The summed E-state index contributed by atoms with van der Waals surface area (Å²) in [5.74, 6) is 0.933. The molecule has 23 heavy (non-hydrogen) atoms. The standard InChI is InChI=1S/C18H34N2O2S/c1-4-7-9-10-13-19-18(22)15-14-23-17(11-6-3)20(15)16(21)12-8-5-2/h15,17H,4-14H2,1-3H3,(H,19,22)/t15-,17-/m0/s1. The lowest BCUT2D eigenvalue weighted by molar-refractivity contribution is -0.139. The molecule has 0 aromatic heterocycles. The number of rotatable bonds is 11. The van der Waals surface area contributed by atoms with Gasteiger partial charge in [0.1, 0.15) is 6.04 Å². The molecule has 0 radical (unpaired) electrons. The molecule has 2 amide bonds. The minimum absolute atomic E-state index is 0.0393. The van der Waals surface area contributed by atoms with Gasteiger partial charge in [0.25, 0.3) is 0 Å². The van der Waals surface area contributed by atoms with Crippen molar-refractivity contribution in [2.45, 2.75) is 90.0 Å². The minimum Gasteiger partial charge on any atom is -0.354 e. The van der Waals surface area contributed by atoms with E-state index in [0.29, 0.717) is 6.42 Å². The highest BCUT2D eigenvalue weighted by Crippen LogP contribution is 2.33. The number of unbranched alkanes of at least 4 members (excludes halogenated alkanes) is 4. The predicted molar refractivity (Wildman–Crippen MR) is 98.5 cm³/mol. The van der Waals surface area contributed by atoms with Gasteiger partial charge in [0, 0.05) is 18.7 Å². The summed E-state index contributed by atoms with van der Waals surface area (Å²) in [5.41, 5.74) is 0. The highest BCUT2D eigenvalue weighted by molar-refractivity contribution is 8.00. The maximum Gasteiger partial charge on any atom is 0.243 e. The highest BCUT2D eigenvalue weighted by Gasteiger charge is 2.40. The molecule has 0 aliphatic carbocycles. The van der Waals surface area contributed by atoms with Crippen LogP contribution in [-0.2, 0) is 9.59 Å². The van der Waals surface area contributed by atoms with E-state index in [2.05, 4.69) is 26.1 Å².